The third-order valence-electron chi connectivity index (χ3n) is 9.22. The van der Waals surface area contributed by atoms with Crippen LogP contribution in [0, 0.1) is 0 Å². The van der Waals surface area contributed by atoms with Crippen LogP contribution in [-0.2, 0) is 40.1 Å². The van der Waals surface area contributed by atoms with Crippen LogP contribution in [0.1, 0.15) is 61.5 Å². The van der Waals surface area contributed by atoms with Crippen LogP contribution in [0.3, 0.4) is 0 Å². The van der Waals surface area contributed by atoms with Crippen LogP contribution in [0.15, 0.2) is 35.3 Å². The van der Waals surface area contributed by atoms with Crippen molar-refractivity contribution in [1.29, 1.82) is 0 Å². The van der Waals surface area contributed by atoms with Gasteiger partial charge in [-0.2, -0.15) is 14.6 Å². The number of amides is 3. The summed E-state index contributed by atoms with van der Waals surface area (Å²) in [5, 5.41) is 28.0. The molecular formula is C32H34N10O11. The van der Waals surface area contributed by atoms with E-state index in [1.807, 2.05) is 0 Å². The van der Waals surface area contributed by atoms with Crippen molar-refractivity contribution in [3.63, 3.8) is 0 Å². The lowest BCUT2D eigenvalue weighted by atomic mass is 10.0. The highest BCUT2D eigenvalue weighted by Crippen LogP contribution is 2.46. The summed E-state index contributed by atoms with van der Waals surface area (Å²) in [6, 6.07) is 2.10. The van der Waals surface area contributed by atoms with Gasteiger partial charge in [0.2, 0.25) is 17.8 Å². The fourth-order valence-corrected chi connectivity index (χ4v) is 6.80. The lowest BCUT2D eigenvalue weighted by molar-refractivity contribution is -0.191. The molecule has 0 bridgehead atoms. The number of H-pyrrole nitrogens is 1. The Labute approximate surface area is 298 Å². The Kier molecular flexibility index (Phi) is 10.9. The van der Waals surface area contributed by atoms with E-state index >= 15 is 0 Å². The van der Waals surface area contributed by atoms with Gasteiger partial charge in [0.15, 0.2) is 17.0 Å². The van der Waals surface area contributed by atoms with Crippen molar-refractivity contribution in [2.24, 2.45) is 0 Å². The number of carboxylic acids is 2. The first-order chi connectivity index (χ1) is 25.2. The van der Waals surface area contributed by atoms with E-state index < -0.39 is 65.2 Å². The van der Waals surface area contributed by atoms with Crippen molar-refractivity contribution >= 4 is 64.4 Å². The minimum absolute atomic E-state index is 0.0345. The highest BCUT2D eigenvalue weighted by Gasteiger charge is 2.68. The third-order valence-corrected chi connectivity index (χ3v) is 9.22. The molecule has 3 fully saturated rings. The summed E-state index contributed by atoms with van der Waals surface area (Å²) in [6.45, 7) is 1.74. The number of nitrogen functional groups attached to an aromatic ring is 1. The maximum absolute atomic E-state index is 13.2. The number of fused-ring (bicyclic) bond motifs is 1. The summed E-state index contributed by atoms with van der Waals surface area (Å²) in [6.07, 6.45) is 1.76. The molecule has 53 heavy (non-hydrogen) atoms. The van der Waals surface area contributed by atoms with Crippen molar-refractivity contribution < 1.29 is 48.6 Å². The van der Waals surface area contributed by atoms with E-state index in [9.17, 15) is 43.8 Å². The Hall–Kier alpha value is -6.60. The largest absolute Gasteiger partial charge is 0.480 e. The quantitative estimate of drug-likeness (QED) is 0.106. The summed E-state index contributed by atoms with van der Waals surface area (Å²) in [5.41, 5.74) is 6.38. The van der Waals surface area contributed by atoms with Crippen molar-refractivity contribution in [3.05, 3.63) is 52.1 Å². The highest BCUT2D eigenvalue weighted by atomic mass is 16.4. The number of nitrogens with zero attached hydrogens (tertiary/aromatic N) is 5. The van der Waals surface area contributed by atoms with E-state index in [-0.39, 0.29) is 79.7 Å². The molecule has 3 aromatic rings. The van der Waals surface area contributed by atoms with Crippen molar-refractivity contribution in [2.45, 2.75) is 81.9 Å². The number of carbonyl (C=O) groups is 6. The average molecular weight is 735 g/mol. The molecule has 0 aliphatic carbocycles. The number of carbonyl (C=O) groups excluding carboxylic acids is 6. The highest BCUT2D eigenvalue weighted by molar-refractivity contribution is 5.99. The van der Waals surface area contributed by atoms with Gasteiger partial charge in [-0.15, -0.1) is 0 Å². The summed E-state index contributed by atoms with van der Waals surface area (Å²) in [5.74, 6) is -5.61. The van der Waals surface area contributed by atoms with Gasteiger partial charge in [0, 0.05) is 30.5 Å². The molecule has 0 radical (unpaired) electrons. The topological polar surface area (TPSA) is 317 Å². The molecular weight excluding hydrogens is 700 g/mol. The van der Waals surface area contributed by atoms with E-state index in [1.165, 1.54) is 28.1 Å². The van der Waals surface area contributed by atoms with Crippen molar-refractivity contribution in [2.75, 3.05) is 11.1 Å². The van der Waals surface area contributed by atoms with Gasteiger partial charge < -0.3 is 26.6 Å². The van der Waals surface area contributed by atoms with E-state index in [2.05, 4.69) is 35.9 Å². The second kappa shape index (κ2) is 15.3. The number of aromatic nitrogens is 4. The van der Waals surface area contributed by atoms with E-state index in [4.69, 9.17) is 15.3 Å². The van der Waals surface area contributed by atoms with E-state index in [0.717, 1.165) is 0 Å². The number of hydrogen-bond acceptors (Lipinski definition) is 15. The zero-order valence-electron chi connectivity index (χ0n) is 28.0. The Morgan fingerprint density at radius 2 is 1.75 bits per heavy atom. The van der Waals surface area contributed by atoms with Gasteiger partial charge in [0.25, 0.3) is 11.5 Å². The first-order valence-corrected chi connectivity index (χ1v) is 16.3. The maximum atomic E-state index is 13.2. The number of rotatable bonds is 13. The fourth-order valence-electron chi connectivity index (χ4n) is 6.80. The minimum Gasteiger partial charge on any atom is -0.480 e. The minimum atomic E-state index is -1.36. The van der Waals surface area contributed by atoms with Gasteiger partial charge in [-0.3, -0.25) is 44.1 Å². The zero-order chi connectivity index (χ0) is 38.6. The van der Waals surface area contributed by atoms with Crippen LogP contribution in [0.2, 0.25) is 0 Å². The molecule has 2 aromatic heterocycles. The van der Waals surface area contributed by atoms with Gasteiger partial charge in [-0.25, -0.2) is 19.6 Å². The summed E-state index contributed by atoms with van der Waals surface area (Å²) in [4.78, 5) is 121. The van der Waals surface area contributed by atoms with Crippen LogP contribution in [0.25, 0.3) is 11.2 Å². The molecule has 3 amide bonds. The number of nitrogens with one attached hydrogen (secondary N) is 4. The number of benzene rings is 1. The average Bonchev–Trinajstić information content (AvgIpc) is 3.70. The standard InChI is InChI=1S/C31H34N10O9.CO2/c1-14-26(45)41-21(29(49)50)10-11-31(41)39-19(27(46)40(14)31)8-6-18(42)7-9-20(28(47)48)36-24(43)15-2-4-16(5-3-15)33-12-17-13-34-23-22(35-17)25(44)38-30(32)37-23;2-1-3/h2-5,13-14,19-21,33,39H,6-12H2,1H3,(H,36,43)(H,47,48)(H,49,50)(H3,32,34,37,38,44);/t14-,19-,20+,21-,31?;/m0./s1. The molecule has 5 atom stereocenters. The maximum Gasteiger partial charge on any atom is 0.373 e. The molecule has 6 rings (SSSR count). The third kappa shape index (κ3) is 7.55. The molecule has 278 valence electrons. The lowest BCUT2D eigenvalue weighted by Crippen LogP contribution is -2.58. The molecule has 1 aromatic carbocycles. The van der Waals surface area contributed by atoms with Gasteiger partial charge in [-0.1, -0.05) is 0 Å². The SMILES string of the molecule is C[C@H]1C(=O)N2[C@H](C(=O)O)CCC23N[C@@H](CCC(=O)CC[C@@H](NC(=O)c2ccc(NCc4cnc5nc(N)[nH]c(=O)c5n4)cc2)C(=O)O)C(=O)N13.O=C=O. The Bertz CT molecular complexity index is 2070. The normalized spacial score (nSPS) is 21.9. The zero-order valence-corrected chi connectivity index (χ0v) is 28.0. The van der Waals surface area contributed by atoms with Crippen molar-refractivity contribution in [3.8, 4) is 0 Å². The smallest absolute Gasteiger partial charge is 0.373 e. The predicted molar refractivity (Wildman–Crippen MR) is 177 cm³/mol. The molecule has 21 heteroatoms. The predicted octanol–water partition coefficient (Wildman–Crippen LogP) is -1.43. The van der Waals surface area contributed by atoms with Crippen molar-refractivity contribution in [1.82, 2.24) is 40.4 Å². The molecule has 3 aliphatic heterocycles. The fraction of sp³-hybridized carbons (Fsp3) is 0.406. The number of nitrogens with two attached hydrogens (primary N) is 1. The Morgan fingerprint density at radius 1 is 1.06 bits per heavy atom. The Morgan fingerprint density at radius 3 is 2.42 bits per heavy atom. The molecule has 1 spiro atoms. The van der Waals surface area contributed by atoms with Gasteiger partial charge >= 0.3 is 18.1 Å². The number of aliphatic carboxylic acids is 2. The van der Waals surface area contributed by atoms with Crippen LogP contribution >= 0.6 is 0 Å². The number of ketones is 1. The first kappa shape index (κ1) is 37.7. The van der Waals surface area contributed by atoms with Gasteiger partial charge in [0.1, 0.15) is 23.9 Å². The molecule has 1 unspecified atom stereocenters. The molecule has 0 saturated carbocycles. The number of aromatic amines is 1. The van der Waals surface area contributed by atoms with Gasteiger partial charge in [0.05, 0.1) is 24.5 Å². The first-order valence-electron chi connectivity index (χ1n) is 16.3. The van der Waals surface area contributed by atoms with Crippen LogP contribution in [-0.4, -0.2) is 111 Å². The lowest BCUT2D eigenvalue weighted by Gasteiger charge is -2.34. The summed E-state index contributed by atoms with van der Waals surface area (Å²) < 4.78 is 0. The molecule has 3 saturated heterocycles. The van der Waals surface area contributed by atoms with Gasteiger partial charge in [-0.05, 0) is 50.5 Å². The molecule has 5 heterocycles. The number of Topliss-reactive ketones (excluding diaryl/α,β-unsaturated/α-hetero) is 1. The summed E-state index contributed by atoms with van der Waals surface area (Å²) in [7, 11) is 0. The molecule has 3 aliphatic rings. The van der Waals surface area contributed by atoms with E-state index in [0.29, 0.717) is 11.4 Å². The second-order valence-electron chi connectivity index (χ2n) is 12.5. The number of hydrogen-bond donors (Lipinski definition) is 7. The summed E-state index contributed by atoms with van der Waals surface area (Å²) >= 11 is 0. The number of carboxylic acid groups (broad SMARTS) is 2. The Balaban J connectivity index is 0.00000175. The molecule has 8 N–H and O–H groups in total. The van der Waals surface area contributed by atoms with Crippen LogP contribution < -0.4 is 27.2 Å². The number of anilines is 2. The van der Waals surface area contributed by atoms with E-state index in [1.54, 1.807) is 19.1 Å². The molecule has 21 nitrogen and oxygen atoms in total. The van der Waals surface area contributed by atoms with Crippen LogP contribution in [0.5, 0.6) is 0 Å². The monoisotopic (exact) mass is 734 g/mol. The van der Waals surface area contributed by atoms with Crippen LogP contribution in [0.4, 0.5) is 11.6 Å². The second-order valence-corrected chi connectivity index (χ2v) is 12.5.